The van der Waals surface area contributed by atoms with Crippen molar-refractivity contribution in [3.63, 3.8) is 0 Å². The van der Waals surface area contributed by atoms with E-state index in [-0.39, 0.29) is 12.3 Å². The van der Waals surface area contributed by atoms with Crippen LogP contribution in [0.2, 0.25) is 0 Å². The summed E-state index contributed by atoms with van der Waals surface area (Å²) in [4.78, 5) is 14.3. The van der Waals surface area contributed by atoms with Crippen molar-refractivity contribution >= 4 is 5.91 Å². The van der Waals surface area contributed by atoms with Crippen LogP contribution in [0.15, 0.2) is 36.4 Å². The van der Waals surface area contributed by atoms with Gasteiger partial charge in [-0.15, -0.1) is 0 Å². The molecule has 0 aliphatic rings. The highest BCUT2D eigenvalue weighted by Gasteiger charge is 2.16. The predicted octanol–water partition coefficient (Wildman–Crippen LogP) is 3.22. The Balaban J connectivity index is 2.12. The number of carbonyl (C=O) groups is 1. The Hall–Kier alpha value is -2.69. The first-order valence-electron chi connectivity index (χ1n) is 8.07. The van der Waals surface area contributed by atoms with Crippen molar-refractivity contribution in [2.24, 2.45) is 0 Å². The van der Waals surface area contributed by atoms with Gasteiger partial charge in [-0.25, -0.2) is 0 Å². The van der Waals surface area contributed by atoms with Gasteiger partial charge in [0, 0.05) is 13.6 Å². The van der Waals surface area contributed by atoms with Crippen molar-refractivity contribution in [3.05, 3.63) is 53.1 Å². The average Bonchev–Trinajstić information content (AvgIpc) is 2.62. The molecular weight excluding hydrogens is 318 g/mol. The number of hydrogen-bond donors (Lipinski definition) is 0. The normalized spacial score (nSPS) is 10.3. The van der Waals surface area contributed by atoms with E-state index in [1.54, 1.807) is 45.4 Å². The zero-order valence-electron chi connectivity index (χ0n) is 15.5. The molecule has 5 nitrogen and oxygen atoms in total. The molecule has 0 N–H and O–H groups in total. The van der Waals surface area contributed by atoms with E-state index < -0.39 is 0 Å². The minimum atomic E-state index is 0.0230. The fourth-order valence-corrected chi connectivity index (χ4v) is 2.60. The Morgan fingerprint density at radius 1 is 0.920 bits per heavy atom. The van der Waals surface area contributed by atoms with E-state index in [0.717, 1.165) is 11.1 Å². The van der Waals surface area contributed by atoms with Crippen LogP contribution in [-0.4, -0.2) is 39.2 Å². The van der Waals surface area contributed by atoms with Crippen molar-refractivity contribution in [2.45, 2.75) is 19.9 Å². The monoisotopic (exact) mass is 343 g/mol. The maximum absolute atomic E-state index is 12.6. The van der Waals surface area contributed by atoms with Crippen molar-refractivity contribution in [1.82, 2.24) is 4.90 Å². The van der Waals surface area contributed by atoms with Gasteiger partial charge in [-0.05, 0) is 30.2 Å². The minimum absolute atomic E-state index is 0.0230. The summed E-state index contributed by atoms with van der Waals surface area (Å²) in [6.07, 6.45) is 0.263. The highest BCUT2D eigenvalue weighted by atomic mass is 16.5. The summed E-state index contributed by atoms with van der Waals surface area (Å²) >= 11 is 0. The van der Waals surface area contributed by atoms with Crippen LogP contribution in [0.4, 0.5) is 0 Å². The summed E-state index contributed by atoms with van der Waals surface area (Å²) < 4.78 is 16.0. The Labute approximate surface area is 149 Å². The fraction of sp³-hybridized carbons (Fsp3) is 0.350. The molecule has 2 rings (SSSR count). The molecule has 0 spiro atoms. The van der Waals surface area contributed by atoms with Gasteiger partial charge in [-0.3, -0.25) is 4.79 Å². The number of carbonyl (C=O) groups excluding carboxylic acids is 1. The minimum Gasteiger partial charge on any atom is -0.493 e. The van der Waals surface area contributed by atoms with Gasteiger partial charge in [0.1, 0.15) is 0 Å². The molecule has 0 saturated heterocycles. The molecule has 0 unspecified atom stereocenters. The summed E-state index contributed by atoms with van der Waals surface area (Å²) in [5.74, 6) is 1.64. The molecule has 1 amide bonds. The van der Waals surface area contributed by atoms with Gasteiger partial charge in [-0.2, -0.15) is 0 Å². The standard InChI is InChI=1S/C20H25NO4/c1-14-6-8-15(9-7-14)13-21(2)19(22)12-16-10-17(23-3)20(25-5)18(11-16)24-4/h6-11H,12-13H2,1-5H3. The van der Waals surface area contributed by atoms with Crippen LogP contribution in [0.25, 0.3) is 0 Å². The maximum Gasteiger partial charge on any atom is 0.227 e. The third kappa shape index (κ3) is 4.66. The molecule has 2 aromatic carbocycles. The average molecular weight is 343 g/mol. The zero-order valence-corrected chi connectivity index (χ0v) is 15.5. The summed E-state index contributed by atoms with van der Waals surface area (Å²) in [5, 5.41) is 0. The second-order valence-corrected chi connectivity index (χ2v) is 5.95. The Morgan fingerprint density at radius 3 is 1.96 bits per heavy atom. The lowest BCUT2D eigenvalue weighted by Gasteiger charge is -2.19. The van der Waals surface area contributed by atoms with E-state index in [1.807, 2.05) is 31.2 Å². The molecule has 134 valence electrons. The van der Waals surface area contributed by atoms with Gasteiger partial charge in [-0.1, -0.05) is 29.8 Å². The van der Waals surface area contributed by atoms with Gasteiger partial charge >= 0.3 is 0 Å². The molecule has 0 fully saturated rings. The number of nitrogens with zero attached hydrogens (tertiary/aromatic N) is 1. The summed E-state index contributed by atoms with van der Waals surface area (Å²) in [6, 6.07) is 11.8. The number of benzene rings is 2. The summed E-state index contributed by atoms with van der Waals surface area (Å²) in [7, 11) is 6.49. The fourth-order valence-electron chi connectivity index (χ4n) is 2.60. The number of methoxy groups -OCH3 is 3. The number of amides is 1. The van der Waals surface area contributed by atoms with Gasteiger partial charge in [0.15, 0.2) is 11.5 Å². The van der Waals surface area contributed by atoms with E-state index in [2.05, 4.69) is 0 Å². The van der Waals surface area contributed by atoms with Crippen molar-refractivity contribution in [1.29, 1.82) is 0 Å². The lowest BCUT2D eigenvalue weighted by atomic mass is 10.1. The molecule has 0 atom stereocenters. The smallest absolute Gasteiger partial charge is 0.227 e. The molecule has 0 bridgehead atoms. The lowest BCUT2D eigenvalue weighted by Crippen LogP contribution is -2.27. The lowest BCUT2D eigenvalue weighted by molar-refractivity contribution is -0.129. The largest absolute Gasteiger partial charge is 0.493 e. The first kappa shape index (κ1) is 18.6. The molecule has 2 aromatic rings. The Kier molecular flexibility index (Phi) is 6.28. The quantitative estimate of drug-likeness (QED) is 0.774. The summed E-state index contributed by atoms with van der Waals surface area (Å²) in [5.41, 5.74) is 3.12. The van der Waals surface area contributed by atoms with E-state index in [0.29, 0.717) is 23.8 Å². The van der Waals surface area contributed by atoms with Crippen LogP contribution < -0.4 is 14.2 Å². The highest BCUT2D eigenvalue weighted by molar-refractivity contribution is 5.79. The molecular formula is C20H25NO4. The van der Waals surface area contributed by atoms with Crippen LogP contribution in [0.3, 0.4) is 0 Å². The van der Waals surface area contributed by atoms with Crippen molar-refractivity contribution in [3.8, 4) is 17.2 Å². The molecule has 0 heterocycles. The number of ether oxygens (including phenoxy) is 3. The topological polar surface area (TPSA) is 48.0 Å². The van der Waals surface area contributed by atoms with Crippen LogP contribution in [-0.2, 0) is 17.8 Å². The molecule has 0 saturated carbocycles. The van der Waals surface area contributed by atoms with Crippen LogP contribution in [0.1, 0.15) is 16.7 Å². The van der Waals surface area contributed by atoms with E-state index >= 15 is 0 Å². The molecule has 0 aliphatic carbocycles. The predicted molar refractivity (Wildman–Crippen MR) is 97.5 cm³/mol. The third-order valence-corrected chi connectivity index (χ3v) is 4.05. The Morgan fingerprint density at radius 2 is 1.48 bits per heavy atom. The first-order chi connectivity index (χ1) is 12.0. The molecule has 0 aromatic heterocycles. The van der Waals surface area contributed by atoms with Crippen molar-refractivity contribution in [2.75, 3.05) is 28.4 Å². The van der Waals surface area contributed by atoms with Crippen LogP contribution in [0.5, 0.6) is 17.2 Å². The van der Waals surface area contributed by atoms with Gasteiger partial charge in [0.2, 0.25) is 11.7 Å². The van der Waals surface area contributed by atoms with E-state index in [1.165, 1.54) is 5.56 Å². The zero-order chi connectivity index (χ0) is 18.4. The number of likely N-dealkylation sites (N-methyl/N-ethyl adjacent to an activating group) is 1. The SMILES string of the molecule is COc1cc(CC(=O)N(C)Cc2ccc(C)cc2)cc(OC)c1OC. The van der Waals surface area contributed by atoms with Crippen LogP contribution in [0, 0.1) is 6.92 Å². The van der Waals surface area contributed by atoms with Gasteiger partial charge in [0.25, 0.3) is 0 Å². The molecule has 25 heavy (non-hydrogen) atoms. The van der Waals surface area contributed by atoms with Crippen molar-refractivity contribution < 1.29 is 19.0 Å². The second kappa shape index (κ2) is 8.42. The number of hydrogen-bond acceptors (Lipinski definition) is 4. The van der Waals surface area contributed by atoms with E-state index in [9.17, 15) is 4.79 Å². The molecule has 0 radical (unpaired) electrons. The molecule has 5 heteroatoms. The second-order valence-electron chi connectivity index (χ2n) is 5.95. The highest BCUT2D eigenvalue weighted by Crippen LogP contribution is 2.38. The number of rotatable bonds is 7. The third-order valence-electron chi connectivity index (χ3n) is 4.05. The van der Waals surface area contributed by atoms with Gasteiger partial charge in [0.05, 0.1) is 27.8 Å². The molecule has 0 aliphatic heterocycles. The maximum atomic E-state index is 12.6. The Bertz CT molecular complexity index is 700. The first-order valence-corrected chi connectivity index (χ1v) is 8.07. The summed E-state index contributed by atoms with van der Waals surface area (Å²) in [6.45, 7) is 2.62. The van der Waals surface area contributed by atoms with E-state index in [4.69, 9.17) is 14.2 Å². The van der Waals surface area contributed by atoms with Gasteiger partial charge < -0.3 is 19.1 Å². The number of aryl methyl sites for hydroxylation is 1. The van der Waals surface area contributed by atoms with Crippen LogP contribution >= 0.6 is 0 Å².